The van der Waals surface area contributed by atoms with Crippen LogP contribution in [0.25, 0.3) is 11.2 Å². The molecule has 3 N–H and O–H groups in total. The van der Waals surface area contributed by atoms with Crippen molar-refractivity contribution in [1.82, 2.24) is 19.9 Å². The number of aromatic amines is 1. The molecule has 0 aliphatic carbocycles. The fourth-order valence-electron chi connectivity index (χ4n) is 2.15. The van der Waals surface area contributed by atoms with Crippen LogP contribution in [0.2, 0.25) is 0 Å². The molecule has 1 aromatic carbocycles. The number of benzene rings is 1. The summed E-state index contributed by atoms with van der Waals surface area (Å²) in [5, 5.41) is 0. The third kappa shape index (κ3) is 2.27. The van der Waals surface area contributed by atoms with Crippen molar-refractivity contribution in [2.45, 2.75) is 13.5 Å². The Morgan fingerprint density at radius 1 is 1.20 bits per heavy atom. The minimum absolute atomic E-state index is 0.232. The third-order valence-electron chi connectivity index (χ3n) is 3.19. The van der Waals surface area contributed by atoms with Crippen LogP contribution < -0.4 is 10.6 Å². The number of fused-ring (bicyclic) bond motifs is 1. The van der Waals surface area contributed by atoms with Crippen molar-refractivity contribution < 1.29 is 0 Å². The normalized spacial score (nSPS) is 10.9. The summed E-state index contributed by atoms with van der Waals surface area (Å²) in [6.07, 6.45) is 1.60. The van der Waals surface area contributed by atoms with E-state index in [0.717, 1.165) is 17.9 Å². The topological polar surface area (TPSA) is 83.7 Å². The van der Waals surface area contributed by atoms with Crippen molar-refractivity contribution in [3.05, 3.63) is 41.7 Å². The molecule has 3 aromatic rings. The number of rotatable bonds is 3. The second-order valence-corrected chi connectivity index (χ2v) is 4.85. The first kappa shape index (κ1) is 12.4. The Balaban J connectivity index is 1.93. The van der Waals surface area contributed by atoms with Crippen molar-refractivity contribution in [3.8, 4) is 0 Å². The van der Waals surface area contributed by atoms with Gasteiger partial charge in [0.2, 0.25) is 5.95 Å². The van der Waals surface area contributed by atoms with Gasteiger partial charge in [0.25, 0.3) is 0 Å². The number of imidazole rings is 1. The van der Waals surface area contributed by atoms with Crippen LogP contribution in [0.15, 0.2) is 30.6 Å². The first-order valence-corrected chi connectivity index (χ1v) is 6.37. The molecule has 0 aliphatic rings. The van der Waals surface area contributed by atoms with Gasteiger partial charge in [-0.3, -0.25) is 0 Å². The summed E-state index contributed by atoms with van der Waals surface area (Å²) in [5.74, 6) is 0.987. The largest absolute Gasteiger partial charge is 0.368 e. The van der Waals surface area contributed by atoms with Crippen molar-refractivity contribution in [3.63, 3.8) is 0 Å². The second-order valence-electron chi connectivity index (χ2n) is 4.85. The molecule has 0 saturated heterocycles. The third-order valence-corrected chi connectivity index (χ3v) is 3.19. The van der Waals surface area contributed by atoms with Crippen LogP contribution in [-0.2, 0) is 6.54 Å². The highest BCUT2D eigenvalue weighted by Crippen LogP contribution is 2.22. The fraction of sp³-hybridized carbons (Fsp3) is 0.214. The van der Waals surface area contributed by atoms with Crippen molar-refractivity contribution in [1.29, 1.82) is 0 Å². The van der Waals surface area contributed by atoms with E-state index in [9.17, 15) is 0 Å². The number of nitrogen functional groups attached to an aromatic ring is 1. The van der Waals surface area contributed by atoms with E-state index < -0.39 is 0 Å². The molecular weight excluding hydrogens is 252 g/mol. The number of H-pyrrole nitrogens is 1. The Hall–Kier alpha value is -2.63. The molecule has 3 rings (SSSR count). The van der Waals surface area contributed by atoms with E-state index in [2.05, 4.69) is 51.1 Å². The highest BCUT2D eigenvalue weighted by Gasteiger charge is 2.12. The number of hydrogen-bond acceptors (Lipinski definition) is 5. The maximum Gasteiger partial charge on any atom is 0.224 e. The molecule has 20 heavy (non-hydrogen) atoms. The molecule has 0 bridgehead atoms. The quantitative estimate of drug-likeness (QED) is 0.757. The smallest absolute Gasteiger partial charge is 0.224 e. The van der Waals surface area contributed by atoms with Gasteiger partial charge in [-0.2, -0.15) is 9.97 Å². The maximum atomic E-state index is 5.73. The number of hydrogen-bond donors (Lipinski definition) is 2. The lowest BCUT2D eigenvalue weighted by Gasteiger charge is -2.19. The standard InChI is InChI=1S/C14H16N6/c1-9-3-5-10(6-4-9)7-20(2)13-11-12(17-8-16-11)18-14(15)19-13/h3-6,8H,7H2,1-2H3,(H3,15,16,17,18,19). The van der Waals surface area contributed by atoms with Gasteiger partial charge >= 0.3 is 0 Å². The number of nitrogens with two attached hydrogens (primary N) is 1. The molecule has 2 heterocycles. The number of nitrogens with zero attached hydrogens (tertiary/aromatic N) is 4. The molecule has 0 aliphatic heterocycles. The van der Waals surface area contributed by atoms with Gasteiger partial charge < -0.3 is 15.6 Å². The molecule has 0 spiro atoms. The van der Waals surface area contributed by atoms with Crippen molar-refractivity contribution in [2.24, 2.45) is 0 Å². The zero-order chi connectivity index (χ0) is 14.1. The first-order valence-electron chi connectivity index (χ1n) is 6.37. The van der Waals surface area contributed by atoms with E-state index in [-0.39, 0.29) is 5.95 Å². The molecular formula is C14H16N6. The lowest BCUT2D eigenvalue weighted by atomic mass is 10.1. The van der Waals surface area contributed by atoms with Gasteiger partial charge in [-0.1, -0.05) is 29.8 Å². The molecule has 0 fully saturated rings. The van der Waals surface area contributed by atoms with Gasteiger partial charge in [0.15, 0.2) is 11.5 Å². The van der Waals surface area contributed by atoms with Crippen LogP contribution in [-0.4, -0.2) is 27.0 Å². The Labute approximate surface area is 116 Å². The summed E-state index contributed by atoms with van der Waals surface area (Å²) >= 11 is 0. The van der Waals surface area contributed by atoms with E-state index in [0.29, 0.717) is 5.65 Å². The molecule has 0 unspecified atom stereocenters. The highest BCUT2D eigenvalue weighted by atomic mass is 15.2. The van der Waals surface area contributed by atoms with E-state index in [1.807, 2.05) is 11.9 Å². The lowest BCUT2D eigenvalue weighted by molar-refractivity contribution is 0.900. The summed E-state index contributed by atoms with van der Waals surface area (Å²) in [5.41, 5.74) is 9.58. The molecule has 6 nitrogen and oxygen atoms in total. The minimum atomic E-state index is 0.232. The Morgan fingerprint density at radius 2 is 1.95 bits per heavy atom. The number of nitrogens with one attached hydrogen (secondary N) is 1. The van der Waals surface area contributed by atoms with E-state index >= 15 is 0 Å². The van der Waals surface area contributed by atoms with Crippen molar-refractivity contribution >= 4 is 22.9 Å². The average molecular weight is 268 g/mol. The second kappa shape index (κ2) is 4.80. The van der Waals surface area contributed by atoms with Gasteiger partial charge in [-0.05, 0) is 12.5 Å². The maximum absolute atomic E-state index is 5.73. The van der Waals surface area contributed by atoms with E-state index in [4.69, 9.17) is 5.73 Å². The zero-order valence-corrected chi connectivity index (χ0v) is 11.5. The number of aryl methyl sites for hydroxylation is 1. The average Bonchev–Trinajstić information content (AvgIpc) is 2.88. The summed E-state index contributed by atoms with van der Waals surface area (Å²) in [6, 6.07) is 8.42. The molecule has 0 atom stereocenters. The SMILES string of the molecule is Cc1ccc(CN(C)c2nc(N)nc3nc[nH]c23)cc1. The van der Waals surface area contributed by atoms with Crippen molar-refractivity contribution in [2.75, 3.05) is 17.7 Å². The fourth-order valence-corrected chi connectivity index (χ4v) is 2.15. The predicted octanol–water partition coefficient (Wildman–Crippen LogP) is 1.88. The molecule has 2 aromatic heterocycles. The summed E-state index contributed by atoms with van der Waals surface area (Å²) in [4.78, 5) is 17.6. The van der Waals surface area contributed by atoms with Crippen LogP contribution in [0.3, 0.4) is 0 Å². The summed E-state index contributed by atoms with van der Waals surface area (Å²) in [6.45, 7) is 2.82. The first-order chi connectivity index (χ1) is 9.63. The van der Waals surface area contributed by atoms with Crippen LogP contribution in [0.5, 0.6) is 0 Å². The van der Waals surface area contributed by atoms with Gasteiger partial charge in [-0.25, -0.2) is 4.98 Å². The number of aromatic nitrogens is 4. The van der Waals surface area contributed by atoms with Crippen LogP contribution >= 0.6 is 0 Å². The molecule has 0 amide bonds. The van der Waals surface area contributed by atoms with Crippen LogP contribution in [0, 0.1) is 6.92 Å². The van der Waals surface area contributed by atoms with Crippen LogP contribution in [0.1, 0.15) is 11.1 Å². The zero-order valence-electron chi connectivity index (χ0n) is 11.5. The summed E-state index contributed by atoms with van der Waals surface area (Å²) < 4.78 is 0. The van der Waals surface area contributed by atoms with E-state index in [1.54, 1.807) is 6.33 Å². The van der Waals surface area contributed by atoms with Gasteiger partial charge in [0.1, 0.15) is 5.52 Å². The highest BCUT2D eigenvalue weighted by molar-refractivity contribution is 5.83. The van der Waals surface area contributed by atoms with Gasteiger partial charge in [0.05, 0.1) is 6.33 Å². The Morgan fingerprint density at radius 3 is 2.70 bits per heavy atom. The molecule has 0 saturated carbocycles. The lowest BCUT2D eigenvalue weighted by Crippen LogP contribution is -2.19. The van der Waals surface area contributed by atoms with Crippen LogP contribution in [0.4, 0.5) is 11.8 Å². The molecule has 102 valence electrons. The Kier molecular flexibility index (Phi) is 2.98. The van der Waals surface area contributed by atoms with Gasteiger partial charge in [-0.15, -0.1) is 0 Å². The number of anilines is 2. The molecule has 0 radical (unpaired) electrons. The van der Waals surface area contributed by atoms with Gasteiger partial charge in [0, 0.05) is 13.6 Å². The monoisotopic (exact) mass is 268 g/mol. The predicted molar refractivity (Wildman–Crippen MR) is 79.4 cm³/mol. The minimum Gasteiger partial charge on any atom is -0.368 e. The summed E-state index contributed by atoms with van der Waals surface area (Å²) in [7, 11) is 1.97. The molecule has 6 heteroatoms. The Bertz CT molecular complexity index is 731. The van der Waals surface area contributed by atoms with E-state index in [1.165, 1.54) is 11.1 Å².